The van der Waals surface area contributed by atoms with Crippen molar-refractivity contribution in [3.05, 3.63) is 11.9 Å². The number of nitrogens with zero attached hydrogens (tertiary/aromatic N) is 2. The molecule has 1 aromatic rings. The Morgan fingerprint density at radius 2 is 2.35 bits per heavy atom. The van der Waals surface area contributed by atoms with Gasteiger partial charge in [-0.2, -0.15) is 5.10 Å². The van der Waals surface area contributed by atoms with Crippen LogP contribution in [-0.4, -0.2) is 30.0 Å². The van der Waals surface area contributed by atoms with Crippen LogP contribution in [0.1, 0.15) is 44.2 Å². The molecule has 1 aliphatic carbocycles. The second-order valence-corrected chi connectivity index (χ2v) is 4.82. The Hall–Kier alpha value is -1.03. The first-order valence-corrected chi connectivity index (χ1v) is 6.57. The lowest BCUT2D eigenvalue weighted by atomic mass is 10.0. The van der Waals surface area contributed by atoms with Crippen molar-refractivity contribution in [2.75, 3.05) is 14.2 Å². The summed E-state index contributed by atoms with van der Waals surface area (Å²) in [5.74, 6) is 1.55. The zero-order valence-corrected chi connectivity index (χ0v) is 11.1. The van der Waals surface area contributed by atoms with Crippen molar-refractivity contribution in [3.8, 4) is 5.75 Å². The molecule has 1 saturated carbocycles. The Morgan fingerprint density at radius 1 is 1.53 bits per heavy atom. The van der Waals surface area contributed by atoms with E-state index in [0.29, 0.717) is 12.0 Å². The maximum atomic E-state index is 5.45. The molecular weight excluding hydrogens is 214 g/mol. The highest BCUT2D eigenvalue weighted by molar-refractivity contribution is 5.29. The van der Waals surface area contributed by atoms with E-state index in [-0.39, 0.29) is 0 Å². The highest BCUT2D eigenvalue weighted by atomic mass is 16.5. The van der Waals surface area contributed by atoms with Gasteiger partial charge in [0.1, 0.15) is 0 Å². The number of aromatic nitrogens is 2. The first-order valence-electron chi connectivity index (χ1n) is 6.57. The van der Waals surface area contributed by atoms with Gasteiger partial charge in [-0.25, -0.2) is 0 Å². The maximum absolute atomic E-state index is 5.45. The number of aryl methyl sites for hydroxylation is 1. The first kappa shape index (κ1) is 12.4. The van der Waals surface area contributed by atoms with E-state index in [2.05, 4.69) is 22.0 Å². The second kappa shape index (κ2) is 5.54. The Bertz CT molecular complexity index is 362. The summed E-state index contributed by atoms with van der Waals surface area (Å²) in [7, 11) is 3.79. The molecule has 1 aliphatic rings. The minimum absolute atomic E-state index is 0.594. The van der Waals surface area contributed by atoms with Gasteiger partial charge in [0.05, 0.1) is 19.0 Å². The average Bonchev–Trinajstić information content (AvgIpc) is 2.94. The van der Waals surface area contributed by atoms with Crippen LogP contribution in [-0.2, 0) is 6.54 Å². The van der Waals surface area contributed by atoms with Crippen LogP contribution in [0.2, 0.25) is 0 Å². The van der Waals surface area contributed by atoms with Gasteiger partial charge in [0.2, 0.25) is 0 Å². The maximum Gasteiger partial charge on any atom is 0.160 e. The summed E-state index contributed by atoms with van der Waals surface area (Å²) in [4.78, 5) is 0. The molecular formula is C13H23N3O. The van der Waals surface area contributed by atoms with Gasteiger partial charge in [-0.3, -0.25) is 4.68 Å². The van der Waals surface area contributed by atoms with Gasteiger partial charge in [-0.05, 0) is 32.7 Å². The average molecular weight is 237 g/mol. The van der Waals surface area contributed by atoms with Crippen LogP contribution in [0.25, 0.3) is 0 Å². The molecule has 0 bridgehead atoms. The SMILES string of the molecule is CCCn1ncc(OC)c1C1CCC(NC)C1. The summed E-state index contributed by atoms with van der Waals surface area (Å²) in [6, 6.07) is 0.648. The summed E-state index contributed by atoms with van der Waals surface area (Å²) in [6.07, 6.45) is 6.65. The Kier molecular flexibility index (Phi) is 4.05. The van der Waals surface area contributed by atoms with E-state index >= 15 is 0 Å². The number of hydrogen-bond donors (Lipinski definition) is 1. The molecule has 4 nitrogen and oxygen atoms in total. The molecule has 2 rings (SSSR count). The summed E-state index contributed by atoms with van der Waals surface area (Å²) in [5, 5.41) is 7.82. The molecule has 1 aromatic heterocycles. The van der Waals surface area contributed by atoms with Crippen molar-refractivity contribution in [3.63, 3.8) is 0 Å². The van der Waals surface area contributed by atoms with Gasteiger partial charge in [0, 0.05) is 18.5 Å². The molecule has 0 saturated heterocycles. The highest BCUT2D eigenvalue weighted by Gasteiger charge is 2.29. The van der Waals surface area contributed by atoms with Gasteiger partial charge < -0.3 is 10.1 Å². The van der Waals surface area contributed by atoms with Crippen LogP contribution in [0.15, 0.2) is 6.20 Å². The molecule has 0 amide bonds. The fourth-order valence-corrected chi connectivity index (χ4v) is 2.83. The highest BCUT2D eigenvalue weighted by Crippen LogP contribution is 2.38. The summed E-state index contributed by atoms with van der Waals surface area (Å²) in [5.41, 5.74) is 1.30. The monoisotopic (exact) mass is 237 g/mol. The zero-order valence-electron chi connectivity index (χ0n) is 11.1. The Morgan fingerprint density at radius 3 is 2.94 bits per heavy atom. The Balaban J connectivity index is 2.20. The molecule has 2 unspecified atom stereocenters. The minimum Gasteiger partial charge on any atom is -0.493 e. The van der Waals surface area contributed by atoms with Crippen molar-refractivity contribution in [1.29, 1.82) is 0 Å². The van der Waals surface area contributed by atoms with Gasteiger partial charge in [-0.15, -0.1) is 0 Å². The fourth-order valence-electron chi connectivity index (χ4n) is 2.83. The molecule has 2 atom stereocenters. The summed E-state index contributed by atoms with van der Waals surface area (Å²) < 4.78 is 7.58. The molecule has 0 radical (unpaired) electrons. The molecule has 1 heterocycles. The van der Waals surface area contributed by atoms with Crippen LogP contribution >= 0.6 is 0 Å². The van der Waals surface area contributed by atoms with Crippen LogP contribution < -0.4 is 10.1 Å². The van der Waals surface area contributed by atoms with Crippen molar-refractivity contribution in [1.82, 2.24) is 15.1 Å². The van der Waals surface area contributed by atoms with Crippen molar-refractivity contribution < 1.29 is 4.74 Å². The lowest BCUT2D eigenvalue weighted by molar-refractivity contribution is 0.399. The van der Waals surface area contributed by atoms with Crippen LogP contribution in [0, 0.1) is 0 Å². The van der Waals surface area contributed by atoms with E-state index in [4.69, 9.17) is 4.74 Å². The molecule has 17 heavy (non-hydrogen) atoms. The van der Waals surface area contributed by atoms with Crippen LogP contribution in [0.3, 0.4) is 0 Å². The minimum atomic E-state index is 0.594. The third-order valence-electron chi connectivity index (χ3n) is 3.73. The predicted molar refractivity (Wildman–Crippen MR) is 68.5 cm³/mol. The van der Waals surface area contributed by atoms with Gasteiger partial charge >= 0.3 is 0 Å². The van der Waals surface area contributed by atoms with Gasteiger partial charge in [0.25, 0.3) is 0 Å². The molecule has 96 valence electrons. The largest absolute Gasteiger partial charge is 0.493 e. The normalized spacial score (nSPS) is 24.2. The van der Waals surface area contributed by atoms with E-state index in [0.717, 1.165) is 18.7 Å². The molecule has 0 aliphatic heterocycles. The van der Waals surface area contributed by atoms with Crippen molar-refractivity contribution >= 4 is 0 Å². The van der Waals surface area contributed by atoms with E-state index in [1.54, 1.807) is 7.11 Å². The molecule has 1 fully saturated rings. The summed E-state index contributed by atoms with van der Waals surface area (Å²) >= 11 is 0. The molecule has 4 heteroatoms. The predicted octanol–water partition coefficient (Wildman–Crippen LogP) is 2.16. The first-order chi connectivity index (χ1) is 8.30. The van der Waals surface area contributed by atoms with Crippen molar-refractivity contribution in [2.24, 2.45) is 0 Å². The molecule has 1 N–H and O–H groups in total. The van der Waals surface area contributed by atoms with E-state index in [1.165, 1.54) is 25.0 Å². The molecule has 0 aromatic carbocycles. The third-order valence-corrected chi connectivity index (χ3v) is 3.73. The van der Waals surface area contributed by atoms with E-state index in [9.17, 15) is 0 Å². The van der Waals surface area contributed by atoms with Gasteiger partial charge in [0.15, 0.2) is 5.75 Å². The number of rotatable bonds is 5. The van der Waals surface area contributed by atoms with Gasteiger partial charge in [-0.1, -0.05) is 6.92 Å². The lowest BCUT2D eigenvalue weighted by Gasteiger charge is -2.15. The summed E-state index contributed by atoms with van der Waals surface area (Å²) in [6.45, 7) is 3.17. The smallest absolute Gasteiger partial charge is 0.160 e. The van der Waals surface area contributed by atoms with E-state index in [1.807, 2.05) is 13.2 Å². The fraction of sp³-hybridized carbons (Fsp3) is 0.769. The Labute approximate surface area is 103 Å². The molecule has 0 spiro atoms. The quantitative estimate of drug-likeness (QED) is 0.853. The number of methoxy groups -OCH3 is 1. The van der Waals surface area contributed by atoms with Crippen molar-refractivity contribution in [2.45, 2.75) is 51.1 Å². The van der Waals surface area contributed by atoms with Crippen LogP contribution in [0.4, 0.5) is 0 Å². The topological polar surface area (TPSA) is 39.1 Å². The second-order valence-electron chi connectivity index (χ2n) is 4.82. The zero-order chi connectivity index (χ0) is 12.3. The lowest BCUT2D eigenvalue weighted by Crippen LogP contribution is -2.21. The standard InChI is InChI=1S/C13H23N3O/c1-4-7-16-13(12(17-3)9-15-16)10-5-6-11(8-10)14-2/h9-11,14H,4-8H2,1-3H3. The van der Waals surface area contributed by atoms with E-state index < -0.39 is 0 Å². The number of ether oxygens (including phenoxy) is 1. The number of nitrogens with one attached hydrogen (secondary N) is 1. The number of hydrogen-bond acceptors (Lipinski definition) is 3. The third kappa shape index (κ3) is 2.46. The van der Waals surface area contributed by atoms with Crippen LogP contribution in [0.5, 0.6) is 5.75 Å².